The second kappa shape index (κ2) is 5.16. The van der Waals surface area contributed by atoms with Crippen LogP contribution >= 0.6 is 0 Å². The molecule has 1 aromatic rings. The highest BCUT2D eigenvalue weighted by Gasteiger charge is 2.43. The van der Waals surface area contributed by atoms with E-state index in [1.54, 1.807) is 30.3 Å². The molecule has 0 bridgehead atoms. The lowest BCUT2D eigenvalue weighted by atomic mass is 10.1. The van der Waals surface area contributed by atoms with Crippen molar-refractivity contribution in [1.29, 1.82) is 0 Å². The lowest BCUT2D eigenvalue weighted by Crippen LogP contribution is -2.37. The minimum atomic E-state index is -1.28. The smallest absolute Gasteiger partial charge is 0.339 e. The Bertz CT molecular complexity index is 447. The van der Waals surface area contributed by atoms with Crippen molar-refractivity contribution in [3.05, 3.63) is 35.9 Å². The average Bonchev–Trinajstić information content (AvgIpc) is 2.67. The van der Waals surface area contributed by atoms with Gasteiger partial charge in [0.05, 0.1) is 18.2 Å². The molecule has 0 aromatic heterocycles. The maximum atomic E-state index is 11.7. The van der Waals surface area contributed by atoms with Crippen LogP contribution in [0.5, 0.6) is 0 Å². The van der Waals surface area contributed by atoms with E-state index in [2.05, 4.69) is 5.32 Å². The molecule has 18 heavy (non-hydrogen) atoms. The Kier molecular flexibility index (Phi) is 3.59. The Labute approximate surface area is 103 Å². The highest BCUT2D eigenvalue weighted by Crippen LogP contribution is 2.15. The van der Waals surface area contributed by atoms with Crippen LogP contribution in [0.2, 0.25) is 0 Å². The summed E-state index contributed by atoms with van der Waals surface area (Å²) < 4.78 is 4.94. The van der Waals surface area contributed by atoms with E-state index in [9.17, 15) is 14.7 Å². The van der Waals surface area contributed by atoms with E-state index in [0.29, 0.717) is 5.56 Å². The van der Waals surface area contributed by atoms with Gasteiger partial charge in [-0.15, -0.1) is 0 Å². The molecule has 96 valence electrons. The number of carbonyl (C=O) groups excluding carboxylic acids is 2. The summed E-state index contributed by atoms with van der Waals surface area (Å²) in [5, 5.41) is 20.9. The summed E-state index contributed by atoms with van der Waals surface area (Å²) in [6.07, 6.45) is -2.52. The Morgan fingerprint density at radius 3 is 2.56 bits per heavy atom. The first kappa shape index (κ1) is 12.5. The van der Waals surface area contributed by atoms with Crippen LogP contribution in [0.1, 0.15) is 10.4 Å². The largest absolute Gasteiger partial charge is 0.446 e. The zero-order valence-electron chi connectivity index (χ0n) is 9.45. The Morgan fingerprint density at radius 1 is 1.33 bits per heavy atom. The van der Waals surface area contributed by atoms with Crippen LogP contribution in [-0.2, 0) is 9.53 Å². The van der Waals surface area contributed by atoms with E-state index in [-0.39, 0.29) is 0 Å². The zero-order valence-corrected chi connectivity index (χ0v) is 9.45. The first-order valence-corrected chi connectivity index (χ1v) is 5.49. The lowest BCUT2D eigenvalue weighted by molar-refractivity contribution is -0.129. The molecular weight excluding hydrogens is 238 g/mol. The van der Waals surface area contributed by atoms with Crippen LogP contribution in [0.25, 0.3) is 0 Å². The van der Waals surface area contributed by atoms with Crippen LogP contribution in [-0.4, -0.2) is 46.9 Å². The van der Waals surface area contributed by atoms with Gasteiger partial charge < -0.3 is 20.3 Å². The van der Waals surface area contributed by atoms with Gasteiger partial charge in [0.1, 0.15) is 6.10 Å². The van der Waals surface area contributed by atoms with Gasteiger partial charge in [0.15, 0.2) is 0 Å². The standard InChI is InChI=1S/C12H13NO5/c14-6-8-9(15)10(11(16)13-8)18-12(17)7-4-2-1-3-5-7/h1-5,8-10,14-15H,6H2,(H,13,16). The molecule has 6 nitrogen and oxygen atoms in total. The molecule has 1 saturated heterocycles. The summed E-state index contributed by atoms with van der Waals surface area (Å²) in [5.74, 6) is -1.29. The molecule has 0 spiro atoms. The van der Waals surface area contributed by atoms with Crippen molar-refractivity contribution in [3.63, 3.8) is 0 Å². The van der Waals surface area contributed by atoms with Crippen molar-refractivity contribution in [2.24, 2.45) is 0 Å². The zero-order chi connectivity index (χ0) is 13.1. The number of hydrogen-bond donors (Lipinski definition) is 3. The van der Waals surface area contributed by atoms with Crippen LogP contribution in [0.15, 0.2) is 30.3 Å². The van der Waals surface area contributed by atoms with Crippen molar-refractivity contribution < 1.29 is 24.5 Å². The number of carbonyl (C=O) groups is 2. The van der Waals surface area contributed by atoms with Crippen molar-refractivity contribution in [3.8, 4) is 0 Å². The third kappa shape index (κ3) is 2.34. The van der Waals surface area contributed by atoms with Crippen molar-refractivity contribution >= 4 is 11.9 Å². The molecule has 3 N–H and O–H groups in total. The Morgan fingerprint density at radius 2 is 2.00 bits per heavy atom. The van der Waals surface area contributed by atoms with Gasteiger partial charge in [-0.1, -0.05) is 18.2 Å². The summed E-state index contributed by atoms with van der Waals surface area (Å²) in [6.45, 7) is -0.410. The molecule has 3 unspecified atom stereocenters. The molecule has 1 heterocycles. The van der Waals surface area contributed by atoms with Crippen LogP contribution in [0.4, 0.5) is 0 Å². The van der Waals surface area contributed by atoms with Crippen molar-refractivity contribution in [1.82, 2.24) is 5.32 Å². The van der Waals surface area contributed by atoms with E-state index < -0.39 is 36.7 Å². The monoisotopic (exact) mass is 251 g/mol. The van der Waals surface area contributed by atoms with Gasteiger partial charge in [-0.05, 0) is 12.1 Å². The quantitative estimate of drug-likeness (QED) is 0.603. The van der Waals surface area contributed by atoms with Crippen molar-refractivity contribution in [2.45, 2.75) is 18.2 Å². The summed E-state index contributed by atoms with van der Waals surface area (Å²) in [6, 6.07) is 7.37. The summed E-state index contributed by atoms with van der Waals surface area (Å²) >= 11 is 0. The first-order valence-electron chi connectivity index (χ1n) is 5.49. The highest BCUT2D eigenvalue weighted by molar-refractivity contribution is 5.93. The SMILES string of the molecule is O=C(OC1C(=O)NC(CO)C1O)c1ccccc1. The average molecular weight is 251 g/mol. The molecule has 0 radical (unpaired) electrons. The molecular formula is C12H13NO5. The molecule has 1 aliphatic heterocycles. The van der Waals surface area contributed by atoms with E-state index in [1.165, 1.54) is 0 Å². The van der Waals surface area contributed by atoms with Crippen LogP contribution in [0, 0.1) is 0 Å². The minimum absolute atomic E-state index is 0.296. The molecule has 6 heteroatoms. The Balaban J connectivity index is 2.06. The van der Waals surface area contributed by atoms with Crippen LogP contribution in [0.3, 0.4) is 0 Å². The number of aliphatic hydroxyl groups excluding tert-OH is 2. The fraction of sp³-hybridized carbons (Fsp3) is 0.333. The van der Waals surface area contributed by atoms with Gasteiger partial charge in [-0.3, -0.25) is 4.79 Å². The van der Waals surface area contributed by atoms with E-state index in [0.717, 1.165) is 0 Å². The maximum Gasteiger partial charge on any atom is 0.339 e. The molecule has 3 atom stereocenters. The van der Waals surface area contributed by atoms with Gasteiger partial charge >= 0.3 is 5.97 Å². The maximum absolute atomic E-state index is 11.7. The lowest BCUT2D eigenvalue weighted by Gasteiger charge is -2.15. The minimum Gasteiger partial charge on any atom is -0.446 e. The highest BCUT2D eigenvalue weighted by atomic mass is 16.6. The first-order chi connectivity index (χ1) is 8.63. The number of amides is 1. The predicted molar refractivity (Wildman–Crippen MR) is 60.7 cm³/mol. The molecule has 1 aliphatic rings. The number of rotatable bonds is 3. The Hall–Kier alpha value is -1.92. The number of aliphatic hydroxyl groups is 2. The topological polar surface area (TPSA) is 95.9 Å². The third-order valence-corrected chi connectivity index (χ3v) is 2.75. The number of ether oxygens (including phenoxy) is 1. The van der Waals surface area contributed by atoms with Gasteiger partial charge in [0.2, 0.25) is 6.10 Å². The van der Waals surface area contributed by atoms with E-state index in [4.69, 9.17) is 9.84 Å². The number of benzene rings is 1. The molecule has 1 aromatic carbocycles. The molecule has 0 saturated carbocycles. The number of esters is 1. The van der Waals surface area contributed by atoms with Crippen LogP contribution < -0.4 is 5.32 Å². The second-order valence-corrected chi connectivity index (χ2v) is 3.98. The van der Waals surface area contributed by atoms with Gasteiger partial charge in [0, 0.05) is 0 Å². The third-order valence-electron chi connectivity index (χ3n) is 2.75. The predicted octanol–water partition coefficient (Wildman–Crippen LogP) is -0.936. The molecule has 0 aliphatic carbocycles. The fourth-order valence-corrected chi connectivity index (χ4v) is 1.75. The van der Waals surface area contributed by atoms with E-state index in [1.807, 2.05) is 0 Å². The fourth-order valence-electron chi connectivity index (χ4n) is 1.75. The number of nitrogens with one attached hydrogen (secondary N) is 1. The normalized spacial score (nSPS) is 26.8. The van der Waals surface area contributed by atoms with Gasteiger partial charge in [-0.2, -0.15) is 0 Å². The molecule has 1 amide bonds. The van der Waals surface area contributed by atoms with Gasteiger partial charge in [-0.25, -0.2) is 4.79 Å². The summed E-state index contributed by atoms with van der Waals surface area (Å²) in [7, 11) is 0. The molecule has 2 rings (SSSR count). The van der Waals surface area contributed by atoms with E-state index >= 15 is 0 Å². The number of hydrogen-bond acceptors (Lipinski definition) is 5. The molecule has 1 fully saturated rings. The second-order valence-electron chi connectivity index (χ2n) is 3.98. The summed E-state index contributed by atoms with van der Waals surface area (Å²) in [4.78, 5) is 23.2. The van der Waals surface area contributed by atoms with Crippen molar-refractivity contribution in [2.75, 3.05) is 6.61 Å². The van der Waals surface area contributed by atoms with Gasteiger partial charge in [0.25, 0.3) is 5.91 Å². The summed E-state index contributed by atoms with van der Waals surface area (Å²) in [5.41, 5.74) is 0.296.